The SMILES string of the molecule is O=C(NC1CCCN(Cc2c(F)cccc2F)C1)C1=CCOCC1. The average Bonchev–Trinajstić information content (AvgIpc) is 2.59. The maximum atomic E-state index is 13.8. The Balaban J connectivity index is 1.58. The summed E-state index contributed by atoms with van der Waals surface area (Å²) in [5.74, 6) is -1.09. The fraction of sp³-hybridized carbons (Fsp3) is 0.500. The summed E-state index contributed by atoms with van der Waals surface area (Å²) in [5, 5.41) is 3.04. The van der Waals surface area contributed by atoms with E-state index in [0.29, 0.717) is 26.2 Å². The van der Waals surface area contributed by atoms with Crippen molar-refractivity contribution in [2.24, 2.45) is 0 Å². The van der Waals surface area contributed by atoms with Crippen LogP contribution in [0.1, 0.15) is 24.8 Å². The molecule has 0 radical (unpaired) electrons. The first-order valence-corrected chi connectivity index (χ1v) is 8.36. The summed E-state index contributed by atoms with van der Waals surface area (Å²) in [4.78, 5) is 14.3. The molecule has 1 amide bonds. The summed E-state index contributed by atoms with van der Waals surface area (Å²) in [6.07, 6.45) is 4.21. The van der Waals surface area contributed by atoms with Crippen LogP contribution in [0, 0.1) is 11.6 Å². The molecule has 2 heterocycles. The second-order valence-electron chi connectivity index (χ2n) is 6.30. The van der Waals surface area contributed by atoms with Gasteiger partial charge in [-0.15, -0.1) is 0 Å². The predicted molar refractivity (Wildman–Crippen MR) is 86.3 cm³/mol. The van der Waals surface area contributed by atoms with Crippen molar-refractivity contribution >= 4 is 5.91 Å². The monoisotopic (exact) mass is 336 g/mol. The lowest BCUT2D eigenvalue weighted by molar-refractivity contribution is -0.119. The van der Waals surface area contributed by atoms with Crippen molar-refractivity contribution in [3.8, 4) is 0 Å². The van der Waals surface area contributed by atoms with Gasteiger partial charge in [0.15, 0.2) is 0 Å². The highest BCUT2D eigenvalue weighted by Crippen LogP contribution is 2.19. The van der Waals surface area contributed by atoms with E-state index in [2.05, 4.69) is 5.32 Å². The molecule has 130 valence electrons. The van der Waals surface area contributed by atoms with E-state index in [1.807, 2.05) is 11.0 Å². The molecule has 1 unspecified atom stereocenters. The minimum absolute atomic E-state index is 0.00447. The van der Waals surface area contributed by atoms with Crippen molar-refractivity contribution in [3.63, 3.8) is 0 Å². The topological polar surface area (TPSA) is 41.6 Å². The zero-order chi connectivity index (χ0) is 16.9. The van der Waals surface area contributed by atoms with Crippen molar-refractivity contribution in [2.45, 2.75) is 31.8 Å². The molecule has 1 aromatic rings. The minimum Gasteiger partial charge on any atom is -0.377 e. The van der Waals surface area contributed by atoms with E-state index >= 15 is 0 Å². The lowest BCUT2D eigenvalue weighted by atomic mass is 10.0. The second-order valence-corrected chi connectivity index (χ2v) is 6.30. The van der Waals surface area contributed by atoms with E-state index in [-0.39, 0.29) is 24.1 Å². The first-order chi connectivity index (χ1) is 11.6. The number of rotatable bonds is 4. The Morgan fingerprint density at radius 3 is 2.83 bits per heavy atom. The lowest BCUT2D eigenvalue weighted by Crippen LogP contribution is -2.48. The molecule has 6 heteroatoms. The highest BCUT2D eigenvalue weighted by atomic mass is 19.1. The number of halogens is 2. The minimum atomic E-state index is -0.520. The molecule has 1 atom stereocenters. The average molecular weight is 336 g/mol. The molecular formula is C18H22F2N2O2. The van der Waals surface area contributed by atoms with Gasteiger partial charge in [-0.05, 0) is 31.5 Å². The molecule has 0 saturated carbocycles. The Hall–Kier alpha value is -1.79. The van der Waals surface area contributed by atoms with Crippen molar-refractivity contribution in [3.05, 3.63) is 47.0 Å². The number of hydrogen-bond acceptors (Lipinski definition) is 3. The molecule has 1 aromatic carbocycles. The Bertz CT molecular complexity index is 613. The van der Waals surface area contributed by atoms with Gasteiger partial charge in [0.2, 0.25) is 5.91 Å². The van der Waals surface area contributed by atoms with Crippen LogP contribution in [0.2, 0.25) is 0 Å². The van der Waals surface area contributed by atoms with Crippen LogP contribution in [0.4, 0.5) is 8.78 Å². The third kappa shape index (κ3) is 4.19. The molecule has 2 aliphatic heterocycles. The Kier molecular flexibility index (Phi) is 5.58. The molecule has 3 rings (SSSR count). The summed E-state index contributed by atoms with van der Waals surface area (Å²) < 4.78 is 32.8. The second kappa shape index (κ2) is 7.85. The molecule has 1 saturated heterocycles. The maximum Gasteiger partial charge on any atom is 0.247 e. The number of nitrogens with one attached hydrogen (secondary N) is 1. The number of benzene rings is 1. The summed E-state index contributed by atoms with van der Waals surface area (Å²) in [5.41, 5.74) is 0.857. The molecule has 4 nitrogen and oxygen atoms in total. The molecule has 0 aromatic heterocycles. The Labute approximate surface area is 140 Å². The number of hydrogen-bond donors (Lipinski definition) is 1. The molecule has 1 N–H and O–H groups in total. The molecule has 0 bridgehead atoms. The van der Waals surface area contributed by atoms with Crippen LogP contribution in [0.5, 0.6) is 0 Å². The van der Waals surface area contributed by atoms with Gasteiger partial charge in [0.1, 0.15) is 11.6 Å². The van der Waals surface area contributed by atoms with E-state index in [9.17, 15) is 13.6 Å². The van der Waals surface area contributed by atoms with Gasteiger partial charge in [-0.1, -0.05) is 12.1 Å². The smallest absolute Gasteiger partial charge is 0.247 e. The number of carbonyl (C=O) groups is 1. The van der Waals surface area contributed by atoms with Gasteiger partial charge < -0.3 is 10.1 Å². The summed E-state index contributed by atoms with van der Waals surface area (Å²) in [6, 6.07) is 3.93. The predicted octanol–water partition coefficient (Wildman–Crippen LogP) is 2.39. The van der Waals surface area contributed by atoms with Crippen LogP contribution in [0.25, 0.3) is 0 Å². The molecule has 1 fully saturated rings. The molecule has 0 spiro atoms. The van der Waals surface area contributed by atoms with Gasteiger partial charge in [0.05, 0.1) is 13.2 Å². The fourth-order valence-corrected chi connectivity index (χ4v) is 3.24. The zero-order valence-corrected chi connectivity index (χ0v) is 13.6. The highest BCUT2D eigenvalue weighted by Gasteiger charge is 2.24. The molecular weight excluding hydrogens is 314 g/mol. The van der Waals surface area contributed by atoms with Crippen LogP contribution >= 0.6 is 0 Å². The van der Waals surface area contributed by atoms with Crippen LogP contribution < -0.4 is 5.32 Å². The van der Waals surface area contributed by atoms with Crippen LogP contribution in [-0.4, -0.2) is 43.2 Å². The molecule has 0 aliphatic carbocycles. The van der Waals surface area contributed by atoms with Crippen molar-refractivity contribution < 1.29 is 18.3 Å². The van der Waals surface area contributed by atoms with Gasteiger partial charge in [-0.25, -0.2) is 8.78 Å². The van der Waals surface area contributed by atoms with E-state index in [0.717, 1.165) is 25.0 Å². The summed E-state index contributed by atoms with van der Waals surface area (Å²) in [6.45, 7) is 2.65. The first-order valence-electron chi connectivity index (χ1n) is 8.36. The molecule has 24 heavy (non-hydrogen) atoms. The zero-order valence-electron chi connectivity index (χ0n) is 13.6. The summed E-state index contributed by atoms with van der Waals surface area (Å²) >= 11 is 0. The maximum absolute atomic E-state index is 13.8. The van der Waals surface area contributed by atoms with Gasteiger partial charge in [-0.2, -0.15) is 0 Å². The van der Waals surface area contributed by atoms with Crippen molar-refractivity contribution in [1.82, 2.24) is 10.2 Å². The standard InChI is InChI=1S/C18H22F2N2O2/c19-16-4-1-5-17(20)15(16)12-22-8-2-3-14(11-22)21-18(23)13-6-9-24-10-7-13/h1,4-6,14H,2-3,7-12H2,(H,21,23). The van der Waals surface area contributed by atoms with Crippen LogP contribution in [0.15, 0.2) is 29.8 Å². The van der Waals surface area contributed by atoms with Gasteiger partial charge in [0, 0.05) is 36.7 Å². The van der Waals surface area contributed by atoms with Crippen LogP contribution in [0.3, 0.4) is 0 Å². The third-order valence-electron chi connectivity index (χ3n) is 4.54. The number of amides is 1. The summed E-state index contributed by atoms with van der Waals surface area (Å²) in [7, 11) is 0. The normalized spacial score (nSPS) is 22.1. The van der Waals surface area contributed by atoms with Gasteiger partial charge >= 0.3 is 0 Å². The quantitative estimate of drug-likeness (QED) is 0.918. The van der Waals surface area contributed by atoms with E-state index in [4.69, 9.17) is 4.74 Å². The number of nitrogens with zero attached hydrogens (tertiary/aromatic N) is 1. The van der Waals surface area contributed by atoms with Crippen molar-refractivity contribution in [2.75, 3.05) is 26.3 Å². The largest absolute Gasteiger partial charge is 0.377 e. The number of piperidine rings is 1. The van der Waals surface area contributed by atoms with E-state index < -0.39 is 11.6 Å². The molecule has 2 aliphatic rings. The first kappa shape index (κ1) is 17.0. The van der Waals surface area contributed by atoms with Crippen LogP contribution in [-0.2, 0) is 16.1 Å². The number of likely N-dealkylation sites (tertiary alicyclic amines) is 1. The van der Waals surface area contributed by atoms with E-state index in [1.165, 1.54) is 18.2 Å². The van der Waals surface area contributed by atoms with Gasteiger partial charge in [-0.3, -0.25) is 9.69 Å². The fourth-order valence-electron chi connectivity index (χ4n) is 3.24. The van der Waals surface area contributed by atoms with E-state index in [1.54, 1.807) is 0 Å². The Morgan fingerprint density at radius 1 is 1.33 bits per heavy atom. The Morgan fingerprint density at radius 2 is 2.12 bits per heavy atom. The number of carbonyl (C=O) groups excluding carboxylic acids is 1. The van der Waals surface area contributed by atoms with Gasteiger partial charge in [0.25, 0.3) is 0 Å². The lowest BCUT2D eigenvalue weighted by Gasteiger charge is -2.33. The number of ether oxygens (including phenoxy) is 1. The third-order valence-corrected chi connectivity index (χ3v) is 4.54. The highest BCUT2D eigenvalue weighted by molar-refractivity contribution is 5.93. The van der Waals surface area contributed by atoms with Crippen molar-refractivity contribution in [1.29, 1.82) is 0 Å².